The van der Waals surface area contributed by atoms with Crippen LogP contribution in [0.4, 0.5) is 17.1 Å². The van der Waals surface area contributed by atoms with Crippen LogP contribution in [0, 0.1) is 24.0 Å². The van der Waals surface area contributed by atoms with Crippen molar-refractivity contribution in [3.05, 3.63) is 57.6 Å². The van der Waals surface area contributed by atoms with Crippen LogP contribution < -0.4 is 9.62 Å². The third-order valence-corrected chi connectivity index (χ3v) is 5.99. The van der Waals surface area contributed by atoms with Gasteiger partial charge >= 0.3 is 0 Å². The molecule has 0 aliphatic carbocycles. The maximum Gasteiger partial charge on any atom is 0.290 e. The molecule has 0 amide bonds. The number of nitrogens with zero attached hydrogens (tertiary/aromatic N) is 2. The SMILES string of the molecule is Cc1cc([N+](=O)[O-])c(S(=O)(=O)N2CCNc3ccccc32)cc1C. The van der Waals surface area contributed by atoms with Gasteiger partial charge in [-0.3, -0.25) is 14.4 Å². The Balaban J connectivity index is 2.20. The van der Waals surface area contributed by atoms with Gasteiger partial charge in [0.1, 0.15) is 0 Å². The molecule has 0 atom stereocenters. The number of aryl methyl sites for hydroxylation is 2. The fourth-order valence-electron chi connectivity index (χ4n) is 2.75. The van der Waals surface area contributed by atoms with Gasteiger partial charge < -0.3 is 5.32 Å². The Bertz CT molecular complexity index is 925. The van der Waals surface area contributed by atoms with Gasteiger partial charge in [-0.15, -0.1) is 0 Å². The first kappa shape index (κ1) is 16.3. The number of para-hydroxylation sites is 2. The number of nitrogens with one attached hydrogen (secondary N) is 1. The van der Waals surface area contributed by atoms with Crippen LogP contribution in [-0.2, 0) is 10.0 Å². The molecule has 126 valence electrons. The average Bonchev–Trinajstić information content (AvgIpc) is 2.56. The molecule has 0 fully saturated rings. The van der Waals surface area contributed by atoms with Crippen molar-refractivity contribution in [1.29, 1.82) is 0 Å². The highest BCUT2D eigenvalue weighted by atomic mass is 32.2. The van der Waals surface area contributed by atoms with E-state index in [0.29, 0.717) is 29.0 Å². The van der Waals surface area contributed by atoms with Crippen molar-refractivity contribution >= 4 is 27.1 Å². The summed E-state index contributed by atoms with van der Waals surface area (Å²) in [7, 11) is -4.04. The summed E-state index contributed by atoms with van der Waals surface area (Å²) in [6, 6.07) is 9.71. The molecular formula is C16H17N3O4S. The van der Waals surface area contributed by atoms with Gasteiger partial charge in [-0.2, -0.15) is 0 Å². The highest BCUT2D eigenvalue weighted by molar-refractivity contribution is 7.93. The van der Waals surface area contributed by atoms with Gasteiger partial charge in [0, 0.05) is 12.6 Å². The number of benzene rings is 2. The third kappa shape index (κ3) is 2.58. The Morgan fingerprint density at radius 1 is 1.17 bits per heavy atom. The molecule has 1 aliphatic heterocycles. The largest absolute Gasteiger partial charge is 0.382 e. The van der Waals surface area contributed by atoms with Crippen molar-refractivity contribution in [2.75, 3.05) is 22.7 Å². The Morgan fingerprint density at radius 2 is 1.83 bits per heavy atom. The number of fused-ring (bicyclic) bond motifs is 1. The molecule has 1 aliphatic rings. The second kappa shape index (κ2) is 5.79. The second-order valence-electron chi connectivity index (χ2n) is 5.68. The minimum absolute atomic E-state index is 0.212. The molecule has 1 N–H and O–H groups in total. The lowest BCUT2D eigenvalue weighted by Gasteiger charge is -2.31. The number of nitro groups is 1. The number of rotatable bonds is 3. The smallest absolute Gasteiger partial charge is 0.290 e. The lowest BCUT2D eigenvalue weighted by Crippen LogP contribution is -2.39. The maximum atomic E-state index is 13.1. The monoisotopic (exact) mass is 347 g/mol. The average molecular weight is 347 g/mol. The summed E-state index contributed by atoms with van der Waals surface area (Å²) in [4.78, 5) is 10.5. The molecule has 0 aromatic heterocycles. The van der Waals surface area contributed by atoms with E-state index in [1.807, 2.05) is 0 Å². The van der Waals surface area contributed by atoms with Crippen molar-refractivity contribution in [2.45, 2.75) is 18.7 Å². The van der Waals surface area contributed by atoms with Crippen molar-refractivity contribution in [3.63, 3.8) is 0 Å². The van der Waals surface area contributed by atoms with E-state index >= 15 is 0 Å². The molecule has 3 rings (SSSR count). The molecule has 8 heteroatoms. The molecule has 24 heavy (non-hydrogen) atoms. The van der Waals surface area contributed by atoms with E-state index < -0.39 is 20.6 Å². The summed E-state index contributed by atoms with van der Waals surface area (Å²) < 4.78 is 27.5. The van der Waals surface area contributed by atoms with E-state index in [9.17, 15) is 18.5 Å². The minimum Gasteiger partial charge on any atom is -0.382 e. The zero-order chi connectivity index (χ0) is 17.5. The van der Waals surface area contributed by atoms with Crippen molar-refractivity contribution < 1.29 is 13.3 Å². The van der Waals surface area contributed by atoms with Crippen LogP contribution in [0.5, 0.6) is 0 Å². The van der Waals surface area contributed by atoms with Crippen LogP contribution in [0.1, 0.15) is 11.1 Å². The molecule has 0 saturated heterocycles. The quantitative estimate of drug-likeness (QED) is 0.681. The van der Waals surface area contributed by atoms with Gasteiger partial charge in [0.25, 0.3) is 15.7 Å². The maximum absolute atomic E-state index is 13.1. The second-order valence-corrected chi connectivity index (χ2v) is 7.51. The van der Waals surface area contributed by atoms with E-state index in [0.717, 1.165) is 0 Å². The lowest BCUT2D eigenvalue weighted by atomic mass is 10.1. The number of hydrogen-bond acceptors (Lipinski definition) is 5. The predicted octanol–water partition coefficient (Wildman–Crippen LogP) is 2.83. The first-order chi connectivity index (χ1) is 11.3. The van der Waals surface area contributed by atoms with Gasteiger partial charge in [-0.25, -0.2) is 8.42 Å². The molecule has 0 radical (unpaired) electrons. The highest BCUT2D eigenvalue weighted by Crippen LogP contribution is 2.36. The summed E-state index contributed by atoms with van der Waals surface area (Å²) in [5.74, 6) is 0. The van der Waals surface area contributed by atoms with Crippen LogP contribution in [0.15, 0.2) is 41.3 Å². The third-order valence-electron chi connectivity index (χ3n) is 4.14. The molecule has 1 heterocycles. The van der Waals surface area contributed by atoms with E-state index in [1.54, 1.807) is 38.1 Å². The topological polar surface area (TPSA) is 92.5 Å². The van der Waals surface area contributed by atoms with Gasteiger partial charge in [0.2, 0.25) is 0 Å². The van der Waals surface area contributed by atoms with Crippen molar-refractivity contribution in [2.24, 2.45) is 0 Å². The number of hydrogen-bond donors (Lipinski definition) is 1. The number of sulfonamides is 1. The van der Waals surface area contributed by atoms with Crippen LogP contribution in [-0.4, -0.2) is 26.4 Å². The van der Waals surface area contributed by atoms with Gasteiger partial charge in [-0.1, -0.05) is 12.1 Å². The molecule has 0 saturated carbocycles. The van der Waals surface area contributed by atoms with E-state index in [1.165, 1.54) is 16.4 Å². The van der Waals surface area contributed by atoms with Crippen LogP contribution in [0.3, 0.4) is 0 Å². The first-order valence-electron chi connectivity index (χ1n) is 7.43. The predicted molar refractivity (Wildman–Crippen MR) is 92.0 cm³/mol. The Morgan fingerprint density at radius 3 is 2.54 bits per heavy atom. The Hall–Kier alpha value is -2.61. The van der Waals surface area contributed by atoms with Crippen LogP contribution >= 0.6 is 0 Å². The van der Waals surface area contributed by atoms with Gasteiger partial charge in [0.15, 0.2) is 4.90 Å². The molecule has 0 bridgehead atoms. The standard InChI is InChI=1S/C16H17N3O4S/c1-11-9-15(19(20)21)16(10-12(11)2)24(22,23)18-8-7-17-13-5-3-4-6-14(13)18/h3-6,9-10,17H,7-8H2,1-2H3. The summed E-state index contributed by atoms with van der Waals surface area (Å²) in [6.07, 6.45) is 0. The normalized spacial score (nSPS) is 14.0. The minimum atomic E-state index is -4.04. The van der Waals surface area contributed by atoms with Crippen LogP contribution in [0.25, 0.3) is 0 Å². The van der Waals surface area contributed by atoms with E-state index in [-0.39, 0.29) is 11.4 Å². The lowest BCUT2D eigenvalue weighted by molar-refractivity contribution is -0.387. The van der Waals surface area contributed by atoms with Gasteiger partial charge in [-0.05, 0) is 43.2 Å². The number of anilines is 2. The molecule has 0 spiro atoms. The Labute approximate surface area is 140 Å². The Kier molecular flexibility index (Phi) is 3.92. The van der Waals surface area contributed by atoms with Gasteiger partial charge in [0.05, 0.1) is 22.8 Å². The van der Waals surface area contributed by atoms with E-state index in [2.05, 4.69) is 5.32 Å². The van der Waals surface area contributed by atoms with Crippen molar-refractivity contribution in [3.8, 4) is 0 Å². The molecule has 2 aromatic rings. The summed E-state index contributed by atoms with van der Waals surface area (Å²) in [5.41, 5.74) is 2.17. The first-order valence-corrected chi connectivity index (χ1v) is 8.87. The summed E-state index contributed by atoms with van der Waals surface area (Å²) in [6.45, 7) is 4.11. The zero-order valence-electron chi connectivity index (χ0n) is 13.3. The fraction of sp³-hybridized carbons (Fsp3) is 0.250. The molecule has 7 nitrogen and oxygen atoms in total. The fourth-order valence-corrected chi connectivity index (χ4v) is 4.46. The van der Waals surface area contributed by atoms with Crippen LogP contribution in [0.2, 0.25) is 0 Å². The highest BCUT2D eigenvalue weighted by Gasteiger charge is 2.34. The van der Waals surface area contributed by atoms with Crippen molar-refractivity contribution in [1.82, 2.24) is 0 Å². The summed E-state index contributed by atoms with van der Waals surface area (Å²) >= 11 is 0. The van der Waals surface area contributed by atoms with E-state index in [4.69, 9.17) is 0 Å². The summed E-state index contributed by atoms with van der Waals surface area (Å²) in [5, 5.41) is 14.5. The zero-order valence-corrected chi connectivity index (χ0v) is 14.1. The molecule has 0 unspecified atom stereocenters. The molecule has 2 aromatic carbocycles. The number of nitro benzene ring substituents is 1. The molecular weight excluding hydrogens is 330 g/mol.